The molecule has 1 aromatic heterocycles. The molecule has 3 fully saturated rings. The second-order valence-corrected chi connectivity index (χ2v) is 9.68. The number of urea groups is 1. The van der Waals surface area contributed by atoms with Gasteiger partial charge in [0.15, 0.2) is 23.0 Å². The molecule has 190 valence electrons. The van der Waals surface area contributed by atoms with Crippen LogP contribution < -0.4 is 15.5 Å². The summed E-state index contributed by atoms with van der Waals surface area (Å²) >= 11 is 0. The number of anilines is 1. The Morgan fingerprint density at radius 3 is 2.42 bits per heavy atom. The minimum absolute atomic E-state index is 0.103. The fraction of sp³-hybridized carbons (Fsp3) is 0.500. The number of likely N-dealkylation sites (tertiary alicyclic amines) is 1. The van der Waals surface area contributed by atoms with E-state index in [0.717, 1.165) is 4.90 Å². The largest absolute Gasteiger partial charge is 0.368 e. The minimum Gasteiger partial charge on any atom is -0.368 e. The van der Waals surface area contributed by atoms with Crippen LogP contribution in [0.15, 0.2) is 16.7 Å². The van der Waals surface area contributed by atoms with Crippen LogP contribution in [0.25, 0.3) is 11.0 Å². The number of alkyl halides is 3. The molecule has 14 heteroatoms. The third kappa shape index (κ3) is 2.93. The summed E-state index contributed by atoms with van der Waals surface area (Å²) in [5.41, 5.74) is -1.43. The molecule has 3 saturated heterocycles. The van der Waals surface area contributed by atoms with E-state index in [4.69, 9.17) is 9.26 Å². The van der Waals surface area contributed by atoms with Crippen LogP contribution in [0.5, 0.6) is 0 Å². The third-order valence-electron chi connectivity index (χ3n) is 7.35. The number of hydrogen-bond acceptors (Lipinski definition) is 8. The lowest BCUT2D eigenvalue weighted by Gasteiger charge is -2.56. The van der Waals surface area contributed by atoms with Gasteiger partial charge in [-0.2, -0.15) is 0 Å². The SMILES string of the molecule is C[C@@H]1O[C@H](C)C(F)N2c3cc4onc(C(=O)N5CC(F)(F)C5)c4cc3CC3(C(=O)NC(=O)NC3=O)[C@@H]12. The van der Waals surface area contributed by atoms with Gasteiger partial charge in [0.1, 0.15) is 6.10 Å². The highest BCUT2D eigenvalue weighted by atomic mass is 19.3. The number of nitrogens with zero attached hydrogens (tertiary/aromatic N) is 3. The molecule has 36 heavy (non-hydrogen) atoms. The number of morpholine rings is 1. The van der Waals surface area contributed by atoms with Gasteiger partial charge in [-0.15, -0.1) is 0 Å². The van der Waals surface area contributed by atoms with Crippen molar-refractivity contribution in [3.05, 3.63) is 23.4 Å². The zero-order chi connectivity index (χ0) is 25.7. The van der Waals surface area contributed by atoms with E-state index < -0.39 is 72.7 Å². The molecule has 4 aliphatic heterocycles. The van der Waals surface area contributed by atoms with Crippen LogP contribution in [0.4, 0.5) is 23.7 Å². The second kappa shape index (κ2) is 7.18. The van der Waals surface area contributed by atoms with E-state index >= 15 is 4.39 Å². The summed E-state index contributed by atoms with van der Waals surface area (Å²) < 4.78 is 53.3. The highest BCUT2D eigenvalue weighted by Gasteiger charge is 2.64. The third-order valence-corrected chi connectivity index (χ3v) is 7.35. The van der Waals surface area contributed by atoms with Crippen molar-refractivity contribution in [3.8, 4) is 0 Å². The number of barbiturate groups is 1. The van der Waals surface area contributed by atoms with Gasteiger partial charge in [0.25, 0.3) is 11.8 Å². The highest BCUT2D eigenvalue weighted by molar-refractivity contribution is 6.20. The number of halogens is 3. The van der Waals surface area contributed by atoms with Crippen LogP contribution in [0.3, 0.4) is 0 Å². The van der Waals surface area contributed by atoms with Crippen molar-refractivity contribution in [3.63, 3.8) is 0 Å². The molecule has 1 aromatic carbocycles. The maximum absolute atomic E-state index is 15.7. The smallest absolute Gasteiger partial charge is 0.328 e. The summed E-state index contributed by atoms with van der Waals surface area (Å²) in [6.45, 7) is 1.61. The molecule has 0 radical (unpaired) electrons. The van der Waals surface area contributed by atoms with Crippen LogP contribution in [0.2, 0.25) is 0 Å². The molecule has 5 heterocycles. The molecule has 5 amide bonds. The summed E-state index contributed by atoms with van der Waals surface area (Å²) in [6.07, 6.45) is -3.74. The lowest BCUT2D eigenvalue weighted by atomic mass is 9.66. The summed E-state index contributed by atoms with van der Waals surface area (Å²) in [7, 11) is 0. The van der Waals surface area contributed by atoms with E-state index in [-0.39, 0.29) is 23.1 Å². The normalized spacial score (nSPS) is 30.4. The monoisotopic (exact) mass is 507 g/mol. The lowest BCUT2D eigenvalue weighted by Crippen LogP contribution is -2.76. The predicted octanol–water partition coefficient (Wildman–Crippen LogP) is 1.11. The molecule has 2 aromatic rings. The zero-order valence-corrected chi connectivity index (χ0v) is 19.0. The average molecular weight is 507 g/mol. The van der Waals surface area contributed by atoms with Crippen molar-refractivity contribution in [1.82, 2.24) is 20.7 Å². The molecule has 6 rings (SSSR count). The van der Waals surface area contributed by atoms with Gasteiger partial charge in [-0.1, -0.05) is 5.16 Å². The Morgan fingerprint density at radius 1 is 1.11 bits per heavy atom. The number of rotatable bonds is 1. The van der Waals surface area contributed by atoms with Gasteiger partial charge < -0.3 is 19.1 Å². The summed E-state index contributed by atoms with van der Waals surface area (Å²) in [4.78, 5) is 53.2. The van der Waals surface area contributed by atoms with Crippen molar-refractivity contribution < 1.29 is 41.6 Å². The molecular formula is C22H20F3N5O6. The number of amides is 5. The van der Waals surface area contributed by atoms with E-state index in [1.807, 2.05) is 0 Å². The first kappa shape index (κ1) is 22.8. The van der Waals surface area contributed by atoms with Crippen LogP contribution in [-0.4, -0.2) is 77.4 Å². The molecule has 11 nitrogen and oxygen atoms in total. The van der Waals surface area contributed by atoms with Crippen LogP contribution in [-0.2, 0) is 20.7 Å². The Labute approximate surface area is 200 Å². The molecule has 4 atom stereocenters. The van der Waals surface area contributed by atoms with Crippen molar-refractivity contribution >= 4 is 40.4 Å². The Hall–Kier alpha value is -3.68. The average Bonchev–Trinajstić information content (AvgIpc) is 3.19. The van der Waals surface area contributed by atoms with E-state index in [0.29, 0.717) is 11.3 Å². The molecule has 0 saturated carbocycles. The summed E-state index contributed by atoms with van der Waals surface area (Å²) in [5, 5.41) is 8.14. The number of carbonyl (C=O) groups excluding carboxylic acids is 4. The standard InChI is InChI=1S/C22H20F3N5O6/c1-8-15-22(18(32)26-20(34)27-19(22)33)5-10-3-11-13(4-12(10)30(15)16(23)9(2)35-8)36-28-14(11)17(31)29-6-21(24,25)7-29/h3-4,8-9,15-16H,5-7H2,1-2H3,(H2,26,27,32,33,34)/t8-,9+,15+,16?/m0/s1. The van der Waals surface area contributed by atoms with Gasteiger partial charge >= 0.3 is 6.03 Å². The number of hydrogen-bond donors (Lipinski definition) is 2. The second-order valence-electron chi connectivity index (χ2n) is 9.68. The molecule has 2 N–H and O–H groups in total. The number of benzene rings is 1. The van der Waals surface area contributed by atoms with Crippen LogP contribution in [0.1, 0.15) is 29.9 Å². The van der Waals surface area contributed by atoms with Gasteiger partial charge in [-0.05, 0) is 31.9 Å². The first-order chi connectivity index (χ1) is 16.9. The van der Waals surface area contributed by atoms with Crippen LogP contribution >= 0.6 is 0 Å². The number of nitrogens with one attached hydrogen (secondary N) is 2. The first-order valence-corrected chi connectivity index (χ1v) is 11.3. The maximum atomic E-state index is 15.7. The summed E-state index contributed by atoms with van der Waals surface area (Å²) in [6, 6.07) is 0.782. The summed E-state index contributed by atoms with van der Waals surface area (Å²) in [5.74, 6) is -5.55. The number of imide groups is 2. The topological polar surface area (TPSA) is 134 Å². The van der Waals surface area contributed by atoms with E-state index in [1.54, 1.807) is 6.92 Å². The first-order valence-electron chi connectivity index (χ1n) is 11.3. The number of fused-ring (bicyclic) bond motifs is 5. The zero-order valence-electron chi connectivity index (χ0n) is 19.0. The molecular weight excluding hydrogens is 487 g/mol. The van der Waals surface area contributed by atoms with Gasteiger partial charge in [0.05, 0.1) is 30.6 Å². The van der Waals surface area contributed by atoms with Crippen molar-refractivity contribution in [2.24, 2.45) is 5.41 Å². The minimum atomic E-state index is -2.98. The van der Waals surface area contributed by atoms with Gasteiger partial charge in [-0.3, -0.25) is 25.0 Å². The molecule has 4 aliphatic rings. The van der Waals surface area contributed by atoms with Crippen molar-refractivity contribution in [1.29, 1.82) is 0 Å². The number of carbonyl (C=O) groups is 4. The van der Waals surface area contributed by atoms with E-state index in [1.165, 1.54) is 24.0 Å². The predicted molar refractivity (Wildman–Crippen MR) is 114 cm³/mol. The van der Waals surface area contributed by atoms with Gasteiger partial charge in [0.2, 0.25) is 11.8 Å². The van der Waals surface area contributed by atoms with E-state index in [2.05, 4.69) is 15.8 Å². The fourth-order valence-electron chi connectivity index (χ4n) is 5.76. The van der Waals surface area contributed by atoms with Crippen LogP contribution in [0, 0.1) is 5.41 Å². The Kier molecular flexibility index (Phi) is 4.54. The van der Waals surface area contributed by atoms with Gasteiger partial charge in [0, 0.05) is 11.8 Å². The van der Waals surface area contributed by atoms with Crippen molar-refractivity contribution in [2.45, 2.75) is 50.7 Å². The maximum Gasteiger partial charge on any atom is 0.328 e. The van der Waals surface area contributed by atoms with Gasteiger partial charge in [-0.25, -0.2) is 18.0 Å². The Morgan fingerprint density at radius 2 is 1.78 bits per heavy atom. The molecule has 1 spiro atoms. The molecule has 0 bridgehead atoms. The Bertz CT molecular complexity index is 1330. The quantitative estimate of drug-likeness (QED) is 0.433. The molecule has 0 aliphatic carbocycles. The van der Waals surface area contributed by atoms with E-state index in [9.17, 15) is 28.0 Å². The molecule has 1 unspecified atom stereocenters. The highest BCUT2D eigenvalue weighted by Crippen LogP contribution is 2.49. The fourth-order valence-corrected chi connectivity index (χ4v) is 5.76. The lowest BCUT2D eigenvalue weighted by molar-refractivity contribution is -0.159. The van der Waals surface area contributed by atoms with Crippen molar-refractivity contribution in [2.75, 3.05) is 18.0 Å². The Balaban J connectivity index is 1.51. The number of aromatic nitrogens is 1. The number of ether oxygens (including phenoxy) is 1.